The summed E-state index contributed by atoms with van der Waals surface area (Å²) in [6.45, 7) is 8.91. The van der Waals surface area contributed by atoms with Crippen LogP contribution in [0.3, 0.4) is 0 Å². The summed E-state index contributed by atoms with van der Waals surface area (Å²) in [5.74, 6) is 0. The maximum Gasteiger partial charge on any atom is 3.00 e. The molecule has 9 heteroatoms. The van der Waals surface area contributed by atoms with Crippen molar-refractivity contribution in [1.29, 1.82) is 0 Å². The van der Waals surface area contributed by atoms with Crippen molar-refractivity contribution >= 4 is 12.7 Å². The predicted octanol–water partition coefficient (Wildman–Crippen LogP) is -0.413. The van der Waals surface area contributed by atoms with Crippen molar-refractivity contribution in [1.82, 2.24) is 14.7 Å². The van der Waals surface area contributed by atoms with Crippen molar-refractivity contribution in [2.75, 3.05) is 58.6 Å². The minimum Gasteiger partial charge on any atom is -0.795 e. The molecule has 1 aromatic rings. The van der Waals surface area contributed by atoms with E-state index in [2.05, 4.69) is 9.80 Å². The first-order valence-corrected chi connectivity index (χ1v) is 11.5. The number of rotatable bonds is 7. The van der Waals surface area contributed by atoms with Gasteiger partial charge in [0.1, 0.15) is 0 Å². The first kappa shape index (κ1) is 25.8. The summed E-state index contributed by atoms with van der Waals surface area (Å²) in [5.41, 5.74) is 0. The van der Waals surface area contributed by atoms with Crippen LogP contribution in [0.4, 0.5) is 0 Å². The van der Waals surface area contributed by atoms with E-state index >= 15 is 0 Å². The van der Waals surface area contributed by atoms with Gasteiger partial charge in [-0.15, -0.1) is 0 Å². The monoisotopic (exact) mass is 454 g/mol. The van der Waals surface area contributed by atoms with E-state index in [1.54, 1.807) is 38.1 Å². The van der Waals surface area contributed by atoms with Crippen molar-refractivity contribution < 1.29 is 36.7 Å². The van der Waals surface area contributed by atoms with E-state index in [9.17, 15) is 19.7 Å². The molecule has 28 heavy (non-hydrogen) atoms. The number of hydrogen-bond acceptors (Lipinski definition) is 7. The van der Waals surface area contributed by atoms with Crippen LogP contribution in [0.1, 0.15) is 13.8 Å². The summed E-state index contributed by atoms with van der Waals surface area (Å²) in [5, 5.41) is 19.9. The molecule has 2 N–H and O–H groups in total. The maximum atomic E-state index is 12.8. The van der Waals surface area contributed by atoms with E-state index in [0.29, 0.717) is 44.6 Å². The number of nitrogens with zero attached hydrogens (tertiary/aromatic N) is 3. The van der Waals surface area contributed by atoms with Gasteiger partial charge >= 0.3 is 17.1 Å². The molecule has 1 radical (unpaired) electrons. The van der Waals surface area contributed by atoms with Gasteiger partial charge in [-0.2, -0.15) is 0 Å². The first-order chi connectivity index (χ1) is 12.8. The fourth-order valence-corrected chi connectivity index (χ4v) is 5.04. The van der Waals surface area contributed by atoms with Gasteiger partial charge < -0.3 is 19.7 Å². The number of aliphatic hydroxyl groups is 2. The largest absolute Gasteiger partial charge is 3.00 e. The van der Waals surface area contributed by atoms with E-state index in [4.69, 9.17) is 0 Å². The van der Waals surface area contributed by atoms with Gasteiger partial charge in [-0.3, -0.25) is 14.7 Å². The average molecular weight is 454 g/mol. The third-order valence-electron chi connectivity index (χ3n) is 4.78. The molecule has 0 amide bonds. The van der Waals surface area contributed by atoms with Gasteiger partial charge in [-0.25, -0.2) is 0 Å². The van der Waals surface area contributed by atoms with Gasteiger partial charge in [-0.1, -0.05) is 30.3 Å². The second-order valence-corrected chi connectivity index (χ2v) is 9.71. The molecule has 1 aliphatic heterocycles. The predicted molar refractivity (Wildman–Crippen MR) is 106 cm³/mol. The second kappa shape index (κ2) is 12.4. The van der Waals surface area contributed by atoms with Gasteiger partial charge in [0.25, 0.3) is 0 Å². The van der Waals surface area contributed by atoms with Crippen LogP contribution in [-0.4, -0.2) is 95.8 Å². The Morgan fingerprint density at radius 2 is 1.29 bits per heavy atom. The Morgan fingerprint density at radius 3 is 1.68 bits per heavy atom. The molecule has 0 aliphatic carbocycles. The van der Waals surface area contributed by atoms with Crippen LogP contribution in [0.2, 0.25) is 0 Å². The van der Waals surface area contributed by atoms with Crippen LogP contribution in [0.5, 0.6) is 0 Å². The van der Waals surface area contributed by atoms with Crippen LogP contribution in [0.25, 0.3) is 0 Å². The first-order valence-electron chi connectivity index (χ1n) is 9.65. The van der Waals surface area contributed by atoms with Gasteiger partial charge in [0, 0.05) is 58.6 Å². The fourth-order valence-electron chi connectivity index (χ4n) is 3.44. The molecule has 1 saturated heterocycles. The van der Waals surface area contributed by atoms with Crippen LogP contribution >= 0.6 is 7.37 Å². The molecule has 1 unspecified atom stereocenters. The fraction of sp³-hybridized carbons (Fsp3) is 0.684. The smallest absolute Gasteiger partial charge is 0.795 e. The molecule has 2 rings (SSSR count). The Morgan fingerprint density at radius 1 is 0.893 bits per heavy atom. The quantitative estimate of drug-likeness (QED) is 0.428. The number of benzene rings is 1. The summed E-state index contributed by atoms with van der Waals surface area (Å²) in [6.07, 6.45) is -0.860. The zero-order chi connectivity index (χ0) is 19.9. The minimum atomic E-state index is -3.72. The van der Waals surface area contributed by atoms with Crippen LogP contribution in [-0.2, 0) is 21.6 Å². The second-order valence-electron chi connectivity index (χ2n) is 7.57. The molecule has 0 bridgehead atoms. The zero-order valence-corrected chi connectivity index (χ0v) is 18.8. The third-order valence-corrected chi connectivity index (χ3v) is 6.64. The van der Waals surface area contributed by atoms with E-state index in [-0.39, 0.29) is 23.4 Å². The summed E-state index contributed by atoms with van der Waals surface area (Å²) in [7, 11) is -3.72. The van der Waals surface area contributed by atoms with Gasteiger partial charge in [0.15, 0.2) is 0 Å². The molecule has 1 aromatic carbocycles. The normalized spacial score (nSPS) is 22.2. The van der Waals surface area contributed by atoms with Gasteiger partial charge in [-0.05, 0) is 19.2 Å². The Labute approximate surface area is 179 Å². The molecule has 1 heterocycles. The van der Waals surface area contributed by atoms with Crippen LogP contribution < -0.4 is 10.2 Å². The van der Waals surface area contributed by atoms with Crippen LogP contribution in [0, 0.1) is 0 Å². The van der Waals surface area contributed by atoms with Crippen molar-refractivity contribution in [2.24, 2.45) is 0 Å². The maximum absolute atomic E-state index is 12.8. The Kier molecular flexibility index (Phi) is 11.4. The molecule has 0 spiro atoms. The Hall–Kier alpha value is -0.271. The number of hydrogen-bond donors (Lipinski definition) is 2. The molecule has 0 saturated carbocycles. The molecule has 1 fully saturated rings. The number of aliphatic hydroxyl groups excluding tert-OH is 2. The van der Waals surface area contributed by atoms with E-state index in [1.807, 2.05) is 11.0 Å². The summed E-state index contributed by atoms with van der Waals surface area (Å²) in [6, 6.07) is 8.58. The zero-order valence-electron chi connectivity index (χ0n) is 16.8. The molecule has 3 atom stereocenters. The molecular weight excluding hydrogens is 421 g/mol. The Balaban J connectivity index is 0.00000392. The minimum absolute atomic E-state index is 0. The van der Waals surface area contributed by atoms with Crippen molar-refractivity contribution in [3.63, 3.8) is 0 Å². The van der Waals surface area contributed by atoms with Gasteiger partial charge in [0.05, 0.1) is 19.6 Å². The van der Waals surface area contributed by atoms with E-state index < -0.39 is 19.6 Å². The third kappa shape index (κ3) is 9.04. The molecule has 0 aromatic heterocycles. The molecule has 7 nitrogen and oxygen atoms in total. The van der Waals surface area contributed by atoms with E-state index in [1.165, 1.54) is 0 Å². The summed E-state index contributed by atoms with van der Waals surface area (Å²) in [4.78, 5) is 19.1. The summed E-state index contributed by atoms with van der Waals surface area (Å²) < 4.78 is 12.8. The number of β-amino-alcohol motifs (C(OH)–C–C–N with tert-alkyl or cyclic N) is 2. The average Bonchev–Trinajstić information content (AvgIpc) is 2.68. The standard InChI is InChI=1S/C19H34N3O4P.Fe/c1-17(23)14-20-8-9-21(15-18(2)24)11-13-22(12-10-20)16-27(25,26)19-6-4-3-5-7-19;/h3-7,17-18,23-24H,8-16H2,1-2H3,(H,25,26);/q;+3/p-1/t17-,18-;/m0./s1. The molecule has 1 aliphatic rings. The van der Waals surface area contributed by atoms with Crippen molar-refractivity contribution in [3.05, 3.63) is 30.3 Å². The molecule has 159 valence electrons. The molecular formula is C19H33FeN3O4P+2. The van der Waals surface area contributed by atoms with Crippen molar-refractivity contribution in [2.45, 2.75) is 26.1 Å². The summed E-state index contributed by atoms with van der Waals surface area (Å²) >= 11 is 0. The Bertz CT molecular complexity index is 584. The SMILES string of the molecule is C[C@H](O)CN1CCN(C[C@H](C)O)CCN(CP(=O)([O-])c2ccccc2)CC1.[Fe+3]. The van der Waals surface area contributed by atoms with Crippen molar-refractivity contribution in [3.8, 4) is 0 Å². The van der Waals surface area contributed by atoms with Gasteiger partial charge in [0.2, 0.25) is 0 Å². The van der Waals surface area contributed by atoms with E-state index in [0.717, 1.165) is 13.1 Å². The topological polar surface area (TPSA) is 90.3 Å². The van der Waals surface area contributed by atoms with Crippen LogP contribution in [0.15, 0.2) is 30.3 Å².